The molecule has 1 saturated heterocycles. The van der Waals surface area contributed by atoms with Gasteiger partial charge in [-0.2, -0.15) is 0 Å². The zero-order chi connectivity index (χ0) is 17.6. The van der Waals surface area contributed by atoms with Gasteiger partial charge in [-0.05, 0) is 61.7 Å². The number of halogens is 2. The lowest BCUT2D eigenvalue weighted by Gasteiger charge is -2.28. The van der Waals surface area contributed by atoms with E-state index in [0.29, 0.717) is 15.7 Å². The molecule has 0 radical (unpaired) electrons. The van der Waals surface area contributed by atoms with Gasteiger partial charge in [0.2, 0.25) is 5.91 Å². The molecule has 0 bridgehead atoms. The highest BCUT2D eigenvalue weighted by Crippen LogP contribution is 2.25. The van der Waals surface area contributed by atoms with Crippen LogP contribution in [0.5, 0.6) is 0 Å². The SMILES string of the molecule is O=C(CNc1ccc(N2CCCCC2)cc1)Nc1cc(Cl)ccc1Cl. The van der Waals surface area contributed by atoms with Gasteiger partial charge in [0.05, 0.1) is 17.3 Å². The predicted octanol–water partition coefficient (Wildman–Crippen LogP) is 5.03. The molecule has 0 atom stereocenters. The quantitative estimate of drug-likeness (QED) is 0.767. The molecule has 0 aromatic heterocycles. The Bertz CT molecular complexity index is 728. The monoisotopic (exact) mass is 377 g/mol. The second kappa shape index (κ2) is 8.45. The van der Waals surface area contributed by atoms with Gasteiger partial charge in [-0.1, -0.05) is 23.2 Å². The van der Waals surface area contributed by atoms with Crippen molar-refractivity contribution in [3.63, 3.8) is 0 Å². The fraction of sp³-hybridized carbons (Fsp3) is 0.316. The average Bonchev–Trinajstić information content (AvgIpc) is 2.64. The summed E-state index contributed by atoms with van der Waals surface area (Å²) in [6.07, 6.45) is 3.83. The Kier molecular flexibility index (Phi) is 6.05. The molecule has 1 aliphatic rings. The topological polar surface area (TPSA) is 44.4 Å². The van der Waals surface area contributed by atoms with Crippen molar-refractivity contribution in [2.75, 3.05) is 35.2 Å². The van der Waals surface area contributed by atoms with Crippen LogP contribution in [-0.2, 0) is 4.79 Å². The number of anilines is 3. The van der Waals surface area contributed by atoms with Crippen LogP contribution in [0, 0.1) is 0 Å². The zero-order valence-electron chi connectivity index (χ0n) is 13.9. The third kappa shape index (κ3) is 5.03. The van der Waals surface area contributed by atoms with Crippen LogP contribution >= 0.6 is 23.2 Å². The lowest BCUT2D eigenvalue weighted by molar-refractivity contribution is -0.114. The van der Waals surface area contributed by atoms with Gasteiger partial charge in [-0.15, -0.1) is 0 Å². The summed E-state index contributed by atoms with van der Waals surface area (Å²) in [6, 6.07) is 13.2. The molecule has 1 amide bonds. The molecule has 0 aliphatic carbocycles. The van der Waals surface area contributed by atoms with E-state index in [-0.39, 0.29) is 12.5 Å². The Morgan fingerprint density at radius 2 is 1.72 bits per heavy atom. The van der Waals surface area contributed by atoms with E-state index < -0.39 is 0 Å². The van der Waals surface area contributed by atoms with Gasteiger partial charge in [0.15, 0.2) is 0 Å². The molecule has 25 heavy (non-hydrogen) atoms. The van der Waals surface area contributed by atoms with Crippen molar-refractivity contribution in [2.45, 2.75) is 19.3 Å². The van der Waals surface area contributed by atoms with Crippen molar-refractivity contribution in [2.24, 2.45) is 0 Å². The van der Waals surface area contributed by atoms with Gasteiger partial charge in [-0.3, -0.25) is 4.79 Å². The third-order valence-electron chi connectivity index (χ3n) is 4.24. The summed E-state index contributed by atoms with van der Waals surface area (Å²) in [7, 11) is 0. The number of amides is 1. The first-order valence-corrected chi connectivity index (χ1v) is 9.21. The zero-order valence-corrected chi connectivity index (χ0v) is 15.4. The molecule has 0 saturated carbocycles. The van der Waals surface area contributed by atoms with E-state index in [1.807, 2.05) is 12.1 Å². The van der Waals surface area contributed by atoms with Gasteiger partial charge in [0, 0.05) is 29.5 Å². The molecular weight excluding hydrogens is 357 g/mol. The molecule has 2 aromatic rings. The number of nitrogens with zero attached hydrogens (tertiary/aromatic N) is 1. The maximum Gasteiger partial charge on any atom is 0.243 e. The summed E-state index contributed by atoms with van der Waals surface area (Å²) in [6.45, 7) is 2.40. The van der Waals surface area contributed by atoms with Crippen LogP contribution in [0.15, 0.2) is 42.5 Å². The van der Waals surface area contributed by atoms with Gasteiger partial charge >= 0.3 is 0 Å². The van der Waals surface area contributed by atoms with Gasteiger partial charge < -0.3 is 15.5 Å². The Balaban J connectivity index is 1.52. The van der Waals surface area contributed by atoms with Crippen molar-refractivity contribution in [1.29, 1.82) is 0 Å². The highest BCUT2D eigenvalue weighted by Gasteiger charge is 2.11. The van der Waals surface area contributed by atoms with E-state index in [1.54, 1.807) is 18.2 Å². The molecular formula is C19H21Cl2N3O. The number of hydrogen-bond acceptors (Lipinski definition) is 3. The van der Waals surface area contributed by atoms with Crippen LogP contribution in [0.3, 0.4) is 0 Å². The molecule has 1 fully saturated rings. The Labute approximate surface area is 158 Å². The summed E-state index contributed by atoms with van der Waals surface area (Å²) < 4.78 is 0. The van der Waals surface area contributed by atoms with Gasteiger partial charge in [0.1, 0.15) is 0 Å². The molecule has 4 nitrogen and oxygen atoms in total. The number of rotatable bonds is 5. The van der Waals surface area contributed by atoms with Crippen LogP contribution in [0.2, 0.25) is 10.0 Å². The van der Waals surface area contributed by atoms with Crippen LogP contribution < -0.4 is 15.5 Å². The smallest absolute Gasteiger partial charge is 0.243 e. The number of nitrogens with one attached hydrogen (secondary N) is 2. The van der Waals surface area contributed by atoms with E-state index in [1.165, 1.54) is 24.9 Å². The summed E-state index contributed by atoms with van der Waals surface area (Å²) in [5, 5.41) is 6.87. The molecule has 1 heterocycles. The fourth-order valence-corrected chi connectivity index (χ4v) is 3.25. The Morgan fingerprint density at radius 1 is 1.00 bits per heavy atom. The van der Waals surface area contributed by atoms with E-state index in [2.05, 4.69) is 27.7 Å². The minimum atomic E-state index is -0.177. The number of piperidine rings is 1. The van der Waals surface area contributed by atoms with E-state index >= 15 is 0 Å². The van der Waals surface area contributed by atoms with Crippen molar-refractivity contribution in [3.05, 3.63) is 52.5 Å². The van der Waals surface area contributed by atoms with Crippen molar-refractivity contribution >= 4 is 46.2 Å². The van der Waals surface area contributed by atoms with Crippen LogP contribution in [0.25, 0.3) is 0 Å². The second-order valence-corrected chi connectivity index (χ2v) is 6.96. The first kappa shape index (κ1) is 17.9. The summed E-state index contributed by atoms with van der Waals surface area (Å²) >= 11 is 12.0. The highest BCUT2D eigenvalue weighted by atomic mass is 35.5. The standard InChI is InChI=1S/C19H21Cl2N3O/c20-14-4-9-17(21)18(12-14)23-19(25)13-22-15-5-7-16(8-6-15)24-10-2-1-3-11-24/h4-9,12,22H,1-3,10-11,13H2,(H,23,25). The molecule has 0 unspecified atom stereocenters. The lowest BCUT2D eigenvalue weighted by Crippen LogP contribution is -2.29. The van der Waals surface area contributed by atoms with Crippen LogP contribution in [0.1, 0.15) is 19.3 Å². The molecule has 6 heteroatoms. The minimum Gasteiger partial charge on any atom is -0.376 e. The Morgan fingerprint density at radius 3 is 2.44 bits per heavy atom. The first-order chi connectivity index (χ1) is 12.1. The summed E-state index contributed by atoms with van der Waals surface area (Å²) in [4.78, 5) is 14.5. The number of carbonyl (C=O) groups excluding carboxylic acids is 1. The summed E-state index contributed by atoms with van der Waals surface area (Å²) in [5.74, 6) is -0.177. The molecule has 1 aliphatic heterocycles. The van der Waals surface area contributed by atoms with E-state index in [9.17, 15) is 4.79 Å². The predicted molar refractivity (Wildman–Crippen MR) is 106 cm³/mol. The molecule has 0 spiro atoms. The second-order valence-electron chi connectivity index (χ2n) is 6.12. The largest absolute Gasteiger partial charge is 0.376 e. The fourth-order valence-electron chi connectivity index (χ4n) is 2.91. The third-order valence-corrected chi connectivity index (χ3v) is 4.81. The molecule has 2 N–H and O–H groups in total. The van der Waals surface area contributed by atoms with Crippen LogP contribution in [0.4, 0.5) is 17.1 Å². The van der Waals surface area contributed by atoms with E-state index in [4.69, 9.17) is 23.2 Å². The average molecular weight is 378 g/mol. The van der Waals surface area contributed by atoms with Gasteiger partial charge in [0.25, 0.3) is 0 Å². The number of carbonyl (C=O) groups is 1. The highest BCUT2D eigenvalue weighted by molar-refractivity contribution is 6.35. The van der Waals surface area contributed by atoms with Crippen molar-refractivity contribution < 1.29 is 4.79 Å². The summed E-state index contributed by atoms with van der Waals surface area (Å²) in [5.41, 5.74) is 2.66. The lowest BCUT2D eigenvalue weighted by atomic mass is 10.1. The normalized spacial score (nSPS) is 14.2. The number of hydrogen-bond donors (Lipinski definition) is 2. The minimum absolute atomic E-state index is 0.159. The molecule has 132 valence electrons. The Hall–Kier alpha value is -1.91. The number of benzene rings is 2. The maximum atomic E-state index is 12.1. The van der Waals surface area contributed by atoms with E-state index in [0.717, 1.165) is 18.8 Å². The van der Waals surface area contributed by atoms with Crippen LogP contribution in [-0.4, -0.2) is 25.5 Å². The maximum absolute atomic E-state index is 12.1. The first-order valence-electron chi connectivity index (χ1n) is 8.45. The van der Waals surface area contributed by atoms with Crippen molar-refractivity contribution in [1.82, 2.24) is 0 Å². The molecule has 3 rings (SSSR count). The molecule has 2 aromatic carbocycles. The van der Waals surface area contributed by atoms with Crippen molar-refractivity contribution in [3.8, 4) is 0 Å². The van der Waals surface area contributed by atoms with Gasteiger partial charge in [-0.25, -0.2) is 0 Å².